The summed E-state index contributed by atoms with van der Waals surface area (Å²) in [5.74, 6) is -0.727. The number of esters is 2. The zero-order valence-electron chi connectivity index (χ0n) is 31.6. The van der Waals surface area contributed by atoms with E-state index in [1.165, 1.54) is 25.7 Å². The second-order valence-corrected chi connectivity index (χ2v) is 12.3. The summed E-state index contributed by atoms with van der Waals surface area (Å²) in [7, 11) is 0. The molecule has 0 amide bonds. The minimum absolute atomic E-state index is 0.116. The molecule has 0 aliphatic rings. The van der Waals surface area contributed by atoms with Crippen molar-refractivity contribution >= 4 is 11.9 Å². The lowest BCUT2D eigenvalue weighted by atomic mass is 10.1. The maximum absolute atomic E-state index is 12.1. The van der Waals surface area contributed by atoms with Crippen molar-refractivity contribution in [1.82, 2.24) is 0 Å². The fraction of sp³-hybridized carbons (Fsp3) is 0.556. The van der Waals surface area contributed by atoms with Gasteiger partial charge in [0.2, 0.25) is 0 Å². The summed E-state index contributed by atoms with van der Waals surface area (Å²) in [5, 5.41) is 9.54. The number of hydrogen-bond donors (Lipinski definition) is 1. The maximum atomic E-state index is 12.1. The van der Waals surface area contributed by atoms with E-state index in [0.29, 0.717) is 12.8 Å². The molecule has 280 valence electrons. The molecule has 5 heteroatoms. The van der Waals surface area contributed by atoms with Gasteiger partial charge in [0.05, 0.1) is 6.61 Å². The molecule has 0 aliphatic heterocycles. The number of rotatable bonds is 33. The largest absolute Gasteiger partial charge is 0.462 e. The first kappa shape index (κ1) is 46.6. The number of ether oxygens (including phenoxy) is 2. The molecule has 0 heterocycles. The van der Waals surface area contributed by atoms with Crippen LogP contribution in [0.2, 0.25) is 0 Å². The van der Waals surface area contributed by atoms with Crippen molar-refractivity contribution in [3.8, 4) is 0 Å². The van der Waals surface area contributed by atoms with E-state index in [4.69, 9.17) is 9.47 Å². The second-order valence-electron chi connectivity index (χ2n) is 12.3. The van der Waals surface area contributed by atoms with Gasteiger partial charge in [-0.25, -0.2) is 0 Å². The van der Waals surface area contributed by atoms with Crippen LogP contribution in [-0.4, -0.2) is 36.4 Å². The first-order valence-electron chi connectivity index (χ1n) is 19.4. The predicted molar refractivity (Wildman–Crippen MR) is 214 cm³/mol. The van der Waals surface area contributed by atoms with Crippen molar-refractivity contribution in [1.29, 1.82) is 0 Å². The van der Waals surface area contributed by atoms with Crippen LogP contribution in [-0.2, 0) is 19.1 Å². The van der Waals surface area contributed by atoms with Crippen LogP contribution in [0.5, 0.6) is 0 Å². The van der Waals surface area contributed by atoms with E-state index < -0.39 is 12.1 Å². The van der Waals surface area contributed by atoms with E-state index in [1.54, 1.807) is 0 Å². The van der Waals surface area contributed by atoms with Crippen molar-refractivity contribution in [2.45, 2.75) is 148 Å². The fourth-order valence-corrected chi connectivity index (χ4v) is 4.64. The van der Waals surface area contributed by atoms with Gasteiger partial charge in [0.1, 0.15) is 6.61 Å². The minimum atomic E-state index is -0.828. The molecule has 1 N–H and O–H groups in total. The van der Waals surface area contributed by atoms with Crippen LogP contribution in [0.15, 0.2) is 109 Å². The number of unbranched alkanes of at least 4 members (excludes halogenated alkanes) is 7. The van der Waals surface area contributed by atoms with Crippen LogP contribution in [0.1, 0.15) is 142 Å². The van der Waals surface area contributed by atoms with Crippen LogP contribution in [0.25, 0.3) is 0 Å². The van der Waals surface area contributed by atoms with Gasteiger partial charge in [0, 0.05) is 12.8 Å². The number of hydrogen-bond acceptors (Lipinski definition) is 5. The highest BCUT2D eigenvalue weighted by Crippen LogP contribution is 2.08. The summed E-state index contributed by atoms with van der Waals surface area (Å²) in [5.41, 5.74) is 0. The molecule has 0 fully saturated rings. The smallest absolute Gasteiger partial charge is 0.306 e. The number of aliphatic hydroxyl groups excluding tert-OH is 1. The first-order valence-corrected chi connectivity index (χ1v) is 19.4. The molecule has 5 nitrogen and oxygen atoms in total. The SMILES string of the molecule is CCC=CCC=CCC=CCC=CCC=CCC=CCCC(=O)OC(CO)COC(=O)CCCCCCC=CCC=CCC=CCCCCC. The lowest BCUT2D eigenvalue weighted by molar-refractivity contribution is -0.161. The third-order valence-electron chi connectivity index (χ3n) is 7.56. The molecule has 1 unspecified atom stereocenters. The minimum Gasteiger partial charge on any atom is -0.462 e. The topological polar surface area (TPSA) is 72.8 Å². The normalized spacial score (nSPS) is 13.4. The van der Waals surface area contributed by atoms with Gasteiger partial charge in [-0.1, -0.05) is 149 Å². The summed E-state index contributed by atoms with van der Waals surface area (Å²) in [6.07, 6.45) is 57.2. The Morgan fingerprint density at radius 2 is 0.900 bits per heavy atom. The maximum Gasteiger partial charge on any atom is 0.306 e. The van der Waals surface area contributed by atoms with Gasteiger partial charge in [0.25, 0.3) is 0 Å². The van der Waals surface area contributed by atoms with E-state index in [1.807, 2.05) is 12.2 Å². The molecule has 0 rings (SSSR count). The lowest BCUT2D eigenvalue weighted by Gasteiger charge is -2.15. The van der Waals surface area contributed by atoms with Gasteiger partial charge in [-0.15, -0.1) is 0 Å². The van der Waals surface area contributed by atoms with Crippen LogP contribution >= 0.6 is 0 Å². The van der Waals surface area contributed by atoms with Crippen LogP contribution in [0.4, 0.5) is 0 Å². The number of carbonyl (C=O) groups is 2. The van der Waals surface area contributed by atoms with Gasteiger partial charge in [-0.3, -0.25) is 9.59 Å². The van der Waals surface area contributed by atoms with Gasteiger partial charge >= 0.3 is 11.9 Å². The number of aliphatic hydroxyl groups is 1. The predicted octanol–water partition coefficient (Wildman–Crippen LogP) is 12.3. The highest BCUT2D eigenvalue weighted by atomic mass is 16.6. The zero-order chi connectivity index (χ0) is 36.4. The molecule has 0 aliphatic carbocycles. The molecular weight excluding hydrogens is 620 g/mol. The van der Waals surface area contributed by atoms with E-state index in [2.05, 4.69) is 111 Å². The van der Waals surface area contributed by atoms with Crippen LogP contribution < -0.4 is 0 Å². The number of carbonyl (C=O) groups excluding carboxylic acids is 2. The molecule has 0 bridgehead atoms. The lowest BCUT2D eigenvalue weighted by Crippen LogP contribution is -2.28. The Morgan fingerprint density at radius 3 is 1.36 bits per heavy atom. The molecule has 1 atom stereocenters. The van der Waals surface area contributed by atoms with Crippen molar-refractivity contribution in [3.05, 3.63) is 109 Å². The Morgan fingerprint density at radius 1 is 0.480 bits per heavy atom. The third kappa shape index (κ3) is 37.4. The Labute approximate surface area is 306 Å². The summed E-state index contributed by atoms with van der Waals surface area (Å²) in [6, 6.07) is 0. The summed E-state index contributed by atoms with van der Waals surface area (Å²) >= 11 is 0. The Bertz CT molecular complexity index is 1050. The molecule has 0 aromatic carbocycles. The Balaban J connectivity index is 3.78. The summed E-state index contributed by atoms with van der Waals surface area (Å²) < 4.78 is 10.5. The molecule has 0 aromatic heterocycles. The molecule has 0 saturated heterocycles. The van der Waals surface area contributed by atoms with E-state index in [0.717, 1.165) is 83.5 Å². The standard InChI is InChI=1S/C45H70O5/c1-3-5-7-9-11-13-15-17-19-21-22-24-26-28-30-32-34-36-38-40-45(48)50-43(41-46)42-49-44(47)39-37-35-33-31-29-27-25-23-20-18-16-14-12-10-8-6-4-2/h5,7,11-14,17-20,22,24-25,27-28,30,34,36,43,46H,3-4,6,8-10,15-16,21,23,26,29,31-33,35,37-42H2,1-2H3. The van der Waals surface area contributed by atoms with Gasteiger partial charge in [-0.05, 0) is 89.9 Å². The molecule has 0 radical (unpaired) electrons. The highest BCUT2D eigenvalue weighted by Gasteiger charge is 2.15. The first-order chi connectivity index (χ1) is 24.6. The Kier molecular flexibility index (Phi) is 37.2. The molecule has 0 spiro atoms. The average Bonchev–Trinajstić information content (AvgIpc) is 3.12. The molecule has 0 aromatic rings. The second kappa shape index (κ2) is 40.0. The fourth-order valence-electron chi connectivity index (χ4n) is 4.64. The van der Waals surface area contributed by atoms with Crippen LogP contribution in [0, 0.1) is 0 Å². The van der Waals surface area contributed by atoms with Gasteiger partial charge < -0.3 is 14.6 Å². The van der Waals surface area contributed by atoms with E-state index >= 15 is 0 Å². The summed E-state index contributed by atoms with van der Waals surface area (Å²) in [4.78, 5) is 24.2. The van der Waals surface area contributed by atoms with Crippen molar-refractivity contribution in [3.63, 3.8) is 0 Å². The Hall–Kier alpha value is -3.44. The molecule has 50 heavy (non-hydrogen) atoms. The van der Waals surface area contributed by atoms with Gasteiger partial charge in [-0.2, -0.15) is 0 Å². The van der Waals surface area contributed by atoms with Gasteiger partial charge in [0.15, 0.2) is 6.10 Å². The van der Waals surface area contributed by atoms with Crippen molar-refractivity contribution in [2.24, 2.45) is 0 Å². The summed E-state index contributed by atoms with van der Waals surface area (Å²) in [6.45, 7) is 3.89. The van der Waals surface area contributed by atoms with E-state index in [9.17, 15) is 14.7 Å². The van der Waals surface area contributed by atoms with Crippen molar-refractivity contribution < 1.29 is 24.2 Å². The quantitative estimate of drug-likeness (QED) is 0.0421. The average molecular weight is 691 g/mol. The number of allylic oxidation sites excluding steroid dienone is 18. The molecule has 0 saturated carbocycles. The van der Waals surface area contributed by atoms with Crippen LogP contribution in [0.3, 0.4) is 0 Å². The highest BCUT2D eigenvalue weighted by molar-refractivity contribution is 5.70. The third-order valence-corrected chi connectivity index (χ3v) is 7.56. The van der Waals surface area contributed by atoms with Crippen molar-refractivity contribution in [2.75, 3.05) is 13.2 Å². The zero-order valence-corrected chi connectivity index (χ0v) is 31.6. The monoisotopic (exact) mass is 691 g/mol. The van der Waals surface area contributed by atoms with E-state index in [-0.39, 0.29) is 25.6 Å². The molecular formula is C45H70O5.